The quantitative estimate of drug-likeness (QED) is 0.825. The molecule has 0 spiro atoms. The first-order chi connectivity index (χ1) is 8.96. The summed E-state index contributed by atoms with van der Waals surface area (Å²) in [5.41, 5.74) is 6.02. The minimum Gasteiger partial charge on any atom is -0.480 e. The fraction of sp³-hybridized carbons (Fsp3) is 0.500. The van der Waals surface area contributed by atoms with Gasteiger partial charge in [0.2, 0.25) is 0 Å². The van der Waals surface area contributed by atoms with E-state index in [4.69, 9.17) is 10.8 Å². The zero-order valence-electron chi connectivity index (χ0n) is 11.3. The Hall–Kier alpha value is -1.04. The number of nitrogens with two attached hydrogens (primary N) is 1. The van der Waals surface area contributed by atoms with Crippen molar-refractivity contribution in [3.05, 3.63) is 29.8 Å². The van der Waals surface area contributed by atoms with Gasteiger partial charge in [-0.3, -0.25) is 9.69 Å². The van der Waals surface area contributed by atoms with E-state index in [1.54, 1.807) is 11.8 Å². The molecule has 0 saturated carbocycles. The van der Waals surface area contributed by atoms with Crippen molar-refractivity contribution < 1.29 is 9.90 Å². The SMILES string of the molecule is CSc1ccc(C(C)N2CCC(N)(C(=O)O)C2)cc1. The Morgan fingerprint density at radius 1 is 1.47 bits per heavy atom. The first kappa shape index (κ1) is 14.4. The van der Waals surface area contributed by atoms with Gasteiger partial charge in [0.15, 0.2) is 0 Å². The van der Waals surface area contributed by atoms with E-state index < -0.39 is 11.5 Å². The lowest BCUT2D eigenvalue weighted by molar-refractivity contribution is -0.142. The van der Waals surface area contributed by atoms with E-state index >= 15 is 0 Å². The van der Waals surface area contributed by atoms with Crippen LogP contribution in [0.3, 0.4) is 0 Å². The molecule has 0 aromatic heterocycles. The summed E-state index contributed by atoms with van der Waals surface area (Å²) in [6, 6.07) is 8.60. The molecular weight excluding hydrogens is 260 g/mol. The summed E-state index contributed by atoms with van der Waals surface area (Å²) in [7, 11) is 0. The zero-order valence-corrected chi connectivity index (χ0v) is 12.1. The molecular formula is C14H20N2O2S. The lowest BCUT2D eigenvalue weighted by atomic mass is 10.0. The highest BCUT2D eigenvalue weighted by Gasteiger charge is 2.42. The number of aliphatic carboxylic acids is 1. The Balaban J connectivity index is 2.08. The Bertz CT molecular complexity index is 463. The smallest absolute Gasteiger partial charge is 0.325 e. The second-order valence-electron chi connectivity index (χ2n) is 5.13. The van der Waals surface area contributed by atoms with E-state index in [9.17, 15) is 4.79 Å². The topological polar surface area (TPSA) is 66.6 Å². The molecule has 5 heteroatoms. The Kier molecular flexibility index (Phi) is 4.18. The van der Waals surface area contributed by atoms with Gasteiger partial charge in [-0.15, -0.1) is 11.8 Å². The molecule has 2 atom stereocenters. The van der Waals surface area contributed by atoms with Crippen LogP contribution in [0.4, 0.5) is 0 Å². The summed E-state index contributed by atoms with van der Waals surface area (Å²) in [5.74, 6) is -0.903. The van der Waals surface area contributed by atoms with Crippen LogP contribution in [-0.4, -0.2) is 40.9 Å². The Morgan fingerprint density at radius 2 is 2.11 bits per heavy atom. The maximum Gasteiger partial charge on any atom is 0.325 e. The summed E-state index contributed by atoms with van der Waals surface area (Å²) < 4.78 is 0. The maximum absolute atomic E-state index is 11.2. The van der Waals surface area contributed by atoms with Crippen molar-refractivity contribution in [2.75, 3.05) is 19.3 Å². The van der Waals surface area contributed by atoms with E-state index in [1.165, 1.54) is 10.5 Å². The van der Waals surface area contributed by atoms with Crippen LogP contribution in [0.1, 0.15) is 24.9 Å². The van der Waals surface area contributed by atoms with Crippen LogP contribution >= 0.6 is 11.8 Å². The average Bonchev–Trinajstić information content (AvgIpc) is 2.82. The lowest BCUT2D eigenvalue weighted by Gasteiger charge is -2.26. The highest BCUT2D eigenvalue weighted by Crippen LogP contribution is 2.29. The van der Waals surface area contributed by atoms with Gasteiger partial charge in [0.25, 0.3) is 0 Å². The second kappa shape index (κ2) is 5.53. The van der Waals surface area contributed by atoms with Gasteiger partial charge in [-0.05, 0) is 37.3 Å². The molecule has 1 heterocycles. The van der Waals surface area contributed by atoms with Gasteiger partial charge in [-0.1, -0.05) is 12.1 Å². The van der Waals surface area contributed by atoms with Crippen LogP contribution in [0, 0.1) is 0 Å². The first-order valence-corrected chi connectivity index (χ1v) is 7.59. The molecule has 0 bridgehead atoms. The number of carboxylic acid groups (broad SMARTS) is 1. The number of thioether (sulfide) groups is 1. The molecule has 19 heavy (non-hydrogen) atoms. The third-order valence-electron chi connectivity index (χ3n) is 3.90. The maximum atomic E-state index is 11.2. The molecule has 1 aliphatic heterocycles. The zero-order chi connectivity index (χ0) is 14.0. The monoisotopic (exact) mass is 280 g/mol. The van der Waals surface area contributed by atoms with Gasteiger partial charge in [-0.2, -0.15) is 0 Å². The van der Waals surface area contributed by atoms with Crippen molar-refractivity contribution in [2.45, 2.75) is 29.8 Å². The summed E-state index contributed by atoms with van der Waals surface area (Å²) in [5, 5.41) is 9.16. The predicted octanol–water partition coefficient (Wildman–Crippen LogP) is 1.96. The van der Waals surface area contributed by atoms with Gasteiger partial charge >= 0.3 is 5.97 Å². The van der Waals surface area contributed by atoms with Crippen molar-refractivity contribution in [3.8, 4) is 0 Å². The minimum absolute atomic E-state index is 0.195. The standard InChI is InChI=1S/C14H20N2O2S/c1-10(11-3-5-12(19-2)6-4-11)16-8-7-14(15,9-16)13(17)18/h3-6,10H,7-9,15H2,1-2H3,(H,17,18). The normalized spacial score (nSPS) is 25.4. The molecule has 3 N–H and O–H groups in total. The molecule has 1 saturated heterocycles. The van der Waals surface area contributed by atoms with E-state index in [-0.39, 0.29) is 6.04 Å². The number of carbonyl (C=O) groups is 1. The van der Waals surface area contributed by atoms with Crippen molar-refractivity contribution >= 4 is 17.7 Å². The van der Waals surface area contributed by atoms with Crippen LogP contribution < -0.4 is 5.73 Å². The molecule has 0 radical (unpaired) electrons. The van der Waals surface area contributed by atoms with E-state index in [2.05, 4.69) is 42.3 Å². The van der Waals surface area contributed by atoms with Crippen LogP contribution in [0.25, 0.3) is 0 Å². The van der Waals surface area contributed by atoms with Crippen LogP contribution in [0.5, 0.6) is 0 Å². The predicted molar refractivity (Wildman–Crippen MR) is 77.4 cm³/mol. The van der Waals surface area contributed by atoms with Gasteiger partial charge in [0.05, 0.1) is 0 Å². The van der Waals surface area contributed by atoms with Gasteiger partial charge in [0.1, 0.15) is 5.54 Å². The molecule has 1 aromatic rings. The van der Waals surface area contributed by atoms with E-state index in [0.29, 0.717) is 13.0 Å². The van der Waals surface area contributed by atoms with Gasteiger partial charge < -0.3 is 10.8 Å². The third kappa shape index (κ3) is 2.94. The van der Waals surface area contributed by atoms with Crippen molar-refractivity contribution in [3.63, 3.8) is 0 Å². The molecule has 1 aromatic carbocycles. The Morgan fingerprint density at radius 3 is 2.58 bits per heavy atom. The molecule has 0 aliphatic carbocycles. The largest absolute Gasteiger partial charge is 0.480 e. The molecule has 4 nitrogen and oxygen atoms in total. The number of likely N-dealkylation sites (tertiary alicyclic amines) is 1. The number of hydrogen-bond acceptors (Lipinski definition) is 4. The molecule has 0 amide bonds. The van der Waals surface area contributed by atoms with E-state index in [1.807, 2.05) is 0 Å². The van der Waals surface area contributed by atoms with Crippen molar-refractivity contribution in [1.29, 1.82) is 0 Å². The summed E-state index contributed by atoms with van der Waals surface area (Å²) in [6.07, 6.45) is 2.56. The molecule has 104 valence electrons. The first-order valence-electron chi connectivity index (χ1n) is 6.36. The second-order valence-corrected chi connectivity index (χ2v) is 6.01. The van der Waals surface area contributed by atoms with Crippen LogP contribution in [0.2, 0.25) is 0 Å². The summed E-state index contributed by atoms with van der Waals surface area (Å²) in [4.78, 5) is 14.5. The minimum atomic E-state index is -1.09. The highest BCUT2D eigenvalue weighted by atomic mass is 32.2. The number of carboxylic acids is 1. The van der Waals surface area contributed by atoms with Crippen LogP contribution in [-0.2, 0) is 4.79 Å². The van der Waals surface area contributed by atoms with Gasteiger partial charge in [-0.25, -0.2) is 0 Å². The molecule has 1 aliphatic rings. The molecule has 2 rings (SSSR count). The van der Waals surface area contributed by atoms with E-state index in [0.717, 1.165) is 6.54 Å². The Labute approximate surface area is 118 Å². The molecule has 2 unspecified atom stereocenters. The van der Waals surface area contributed by atoms with Gasteiger partial charge in [0, 0.05) is 24.0 Å². The van der Waals surface area contributed by atoms with Crippen LogP contribution in [0.15, 0.2) is 29.2 Å². The fourth-order valence-electron chi connectivity index (χ4n) is 2.46. The average molecular weight is 280 g/mol. The van der Waals surface area contributed by atoms with Crippen molar-refractivity contribution in [1.82, 2.24) is 4.90 Å². The number of rotatable bonds is 4. The summed E-state index contributed by atoms with van der Waals surface area (Å²) >= 11 is 1.71. The summed E-state index contributed by atoms with van der Waals surface area (Å²) in [6.45, 7) is 3.24. The third-order valence-corrected chi connectivity index (χ3v) is 4.65. The lowest BCUT2D eigenvalue weighted by Crippen LogP contribution is -2.50. The fourth-order valence-corrected chi connectivity index (χ4v) is 2.87. The molecule has 1 fully saturated rings. The van der Waals surface area contributed by atoms with Crippen molar-refractivity contribution in [2.24, 2.45) is 5.73 Å². The number of hydrogen-bond donors (Lipinski definition) is 2. The number of nitrogens with zero attached hydrogens (tertiary/aromatic N) is 1. The highest BCUT2D eigenvalue weighted by molar-refractivity contribution is 7.98. The number of benzene rings is 1.